The first kappa shape index (κ1) is 27.2. The first-order valence-corrected chi connectivity index (χ1v) is 13.6. The van der Waals surface area contributed by atoms with E-state index in [1.54, 1.807) is 40.1 Å². The van der Waals surface area contributed by atoms with E-state index in [1.165, 1.54) is 21.0 Å². The van der Waals surface area contributed by atoms with Gasteiger partial charge in [0.15, 0.2) is 0 Å². The quantitative estimate of drug-likeness (QED) is 0.527. The van der Waals surface area contributed by atoms with Gasteiger partial charge < -0.3 is 14.5 Å². The first-order chi connectivity index (χ1) is 16.5. The molecule has 0 unspecified atom stereocenters. The number of amides is 1. The van der Waals surface area contributed by atoms with Crippen molar-refractivity contribution in [2.75, 3.05) is 47.9 Å². The minimum absolute atomic E-state index is 0.0916. The smallest absolute Gasteiger partial charge is 0.243 e. The highest BCUT2D eigenvalue weighted by atomic mass is 32.2. The summed E-state index contributed by atoms with van der Waals surface area (Å²) >= 11 is 0. The second-order valence-corrected chi connectivity index (χ2v) is 11.7. The van der Waals surface area contributed by atoms with Crippen LogP contribution in [-0.2, 0) is 34.2 Å². The number of benzene rings is 2. The molecule has 0 aliphatic carbocycles. The van der Waals surface area contributed by atoms with Crippen molar-refractivity contribution in [2.45, 2.75) is 51.0 Å². The number of ether oxygens (including phenoxy) is 1. The Hall–Kier alpha value is -2.42. The molecule has 2 aromatic carbocycles. The van der Waals surface area contributed by atoms with Gasteiger partial charge >= 0.3 is 0 Å². The van der Waals surface area contributed by atoms with Crippen LogP contribution in [0.5, 0.6) is 5.75 Å². The standard InChI is InChI=1S/C27H39N3O4S/c1-20-16-25(34-6)17-21(2)27(20)35(32,33)29(5)13-7-8-26(31)30-14-11-23-10-9-22(19-28(3)4)18-24(23)12-15-30/h9-10,16-18H,7-8,11-15,19H2,1-6H3. The molecule has 0 saturated heterocycles. The lowest BCUT2D eigenvalue weighted by molar-refractivity contribution is -0.131. The van der Waals surface area contributed by atoms with Gasteiger partial charge in [-0.2, -0.15) is 0 Å². The molecule has 0 atom stereocenters. The highest BCUT2D eigenvalue weighted by Gasteiger charge is 2.26. The van der Waals surface area contributed by atoms with E-state index in [1.807, 2.05) is 4.90 Å². The number of methoxy groups -OCH3 is 1. The topological polar surface area (TPSA) is 70.2 Å². The van der Waals surface area contributed by atoms with Gasteiger partial charge in [0, 0.05) is 39.6 Å². The van der Waals surface area contributed by atoms with Crippen molar-refractivity contribution in [1.82, 2.24) is 14.1 Å². The van der Waals surface area contributed by atoms with Crippen molar-refractivity contribution in [3.63, 3.8) is 0 Å². The summed E-state index contributed by atoms with van der Waals surface area (Å²) in [6.07, 6.45) is 2.53. The van der Waals surface area contributed by atoms with E-state index in [-0.39, 0.29) is 5.91 Å². The predicted molar refractivity (Wildman–Crippen MR) is 139 cm³/mol. The highest BCUT2D eigenvalue weighted by Crippen LogP contribution is 2.28. The Labute approximate surface area is 210 Å². The molecule has 35 heavy (non-hydrogen) atoms. The average molecular weight is 502 g/mol. The SMILES string of the molecule is COc1cc(C)c(S(=O)(=O)N(C)CCCC(=O)N2CCc3ccc(CN(C)C)cc3CC2)c(C)c1. The Morgan fingerprint density at radius 1 is 1.00 bits per heavy atom. The molecule has 0 bridgehead atoms. The van der Waals surface area contributed by atoms with E-state index < -0.39 is 10.0 Å². The lowest BCUT2D eigenvalue weighted by Crippen LogP contribution is -2.34. The van der Waals surface area contributed by atoms with Crippen molar-refractivity contribution in [1.29, 1.82) is 0 Å². The number of hydrogen-bond donors (Lipinski definition) is 0. The molecular formula is C27H39N3O4S. The van der Waals surface area contributed by atoms with E-state index in [0.29, 0.717) is 54.2 Å². The molecule has 0 aromatic heterocycles. The van der Waals surface area contributed by atoms with Gasteiger partial charge in [-0.15, -0.1) is 0 Å². The Bertz CT molecular complexity index is 1140. The highest BCUT2D eigenvalue weighted by molar-refractivity contribution is 7.89. The maximum Gasteiger partial charge on any atom is 0.243 e. The third-order valence-electron chi connectivity index (χ3n) is 6.63. The van der Waals surface area contributed by atoms with Crippen LogP contribution in [0.1, 0.15) is 40.7 Å². The molecule has 0 saturated carbocycles. The third kappa shape index (κ3) is 6.63. The monoisotopic (exact) mass is 501 g/mol. The molecule has 0 N–H and O–H groups in total. The van der Waals surface area contributed by atoms with Crippen molar-refractivity contribution in [3.8, 4) is 5.75 Å². The Balaban J connectivity index is 1.56. The summed E-state index contributed by atoms with van der Waals surface area (Å²) in [7, 11) is 3.62. The fourth-order valence-corrected chi connectivity index (χ4v) is 6.43. The average Bonchev–Trinajstić information content (AvgIpc) is 3.00. The second-order valence-electron chi connectivity index (χ2n) is 9.74. The molecule has 2 aromatic rings. The molecule has 1 aliphatic rings. The Morgan fingerprint density at radius 3 is 2.23 bits per heavy atom. The molecule has 0 fully saturated rings. The van der Waals surface area contributed by atoms with Gasteiger partial charge in [0.05, 0.1) is 12.0 Å². The largest absolute Gasteiger partial charge is 0.497 e. The minimum Gasteiger partial charge on any atom is -0.497 e. The lowest BCUT2D eigenvalue weighted by Gasteiger charge is -2.22. The van der Waals surface area contributed by atoms with Crippen molar-refractivity contribution in [3.05, 3.63) is 58.1 Å². The van der Waals surface area contributed by atoms with Crippen molar-refractivity contribution < 1.29 is 17.9 Å². The van der Waals surface area contributed by atoms with Gasteiger partial charge in [-0.25, -0.2) is 12.7 Å². The number of sulfonamides is 1. The molecule has 0 radical (unpaired) electrons. The predicted octanol–water partition coefficient (Wildman–Crippen LogP) is 3.40. The van der Waals surface area contributed by atoms with Gasteiger partial charge in [-0.05, 0) is 87.2 Å². The summed E-state index contributed by atoms with van der Waals surface area (Å²) in [5.41, 5.74) is 5.25. The van der Waals surface area contributed by atoms with E-state index >= 15 is 0 Å². The van der Waals surface area contributed by atoms with Crippen molar-refractivity contribution >= 4 is 15.9 Å². The molecule has 1 heterocycles. The first-order valence-electron chi connectivity index (χ1n) is 12.2. The van der Waals surface area contributed by atoms with Crippen LogP contribution in [0.2, 0.25) is 0 Å². The van der Waals surface area contributed by atoms with Crippen LogP contribution < -0.4 is 4.74 Å². The van der Waals surface area contributed by atoms with Crippen LogP contribution in [0.3, 0.4) is 0 Å². The molecule has 192 valence electrons. The number of rotatable bonds is 9. The number of fused-ring (bicyclic) bond motifs is 1. The van der Waals surface area contributed by atoms with E-state index in [2.05, 4.69) is 37.2 Å². The van der Waals surface area contributed by atoms with Crippen LogP contribution in [0, 0.1) is 13.8 Å². The van der Waals surface area contributed by atoms with E-state index in [4.69, 9.17) is 4.74 Å². The van der Waals surface area contributed by atoms with Crippen LogP contribution in [-0.4, -0.2) is 76.3 Å². The minimum atomic E-state index is -3.65. The summed E-state index contributed by atoms with van der Waals surface area (Å²) in [5, 5.41) is 0. The Morgan fingerprint density at radius 2 is 1.63 bits per heavy atom. The summed E-state index contributed by atoms with van der Waals surface area (Å²) in [4.78, 5) is 17.3. The summed E-state index contributed by atoms with van der Waals surface area (Å²) in [6, 6.07) is 10.1. The van der Waals surface area contributed by atoms with E-state index in [9.17, 15) is 13.2 Å². The second kappa shape index (κ2) is 11.5. The van der Waals surface area contributed by atoms with Gasteiger partial charge in [-0.1, -0.05) is 18.2 Å². The zero-order valence-corrected chi connectivity index (χ0v) is 22.7. The molecule has 0 spiro atoms. The fraction of sp³-hybridized carbons (Fsp3) is 0.519. The van der Waals surface area contributed by atoms with Gasteiger partial charge in [0.25, 0.3) is 0 Å². The molecule has 1 aliphatic heterocycles. The van der Waals surface area contributed by atoms with Crippen molar-refractivity contribution in [2.24, 2.45) is 0 Å². The lowest BCUT2D eigenvalue weighted by atomic mass is 10.00. The molecule has 1 amide bonds. The number of nitrogens with zero attached hydrogens (tertiary/aromatic N) is 3. The van der Waals surface area contributed by atoms with Gasteiger partial charge in [0.2, 0.25) is 15.9 Å². The summed E-state index contributed by atoms with van der Waals surface area (Å²) in [5.74, 6) is 0.731. The number of carbonyl (C=O) groups excluding carboxylic acids is 1. The fourth-order valence-electron chi connectivity index (χ4n) is 4.81. The van der Waals surface area contributed by atoms with Gasteiger partial charge in [-0.3, -0.25) is 4.79 Å². The normalized spacial score (nSPS) is 14.2. The van der Waals surface area contributed by atoms with Crippen LogP contribution in [0.15, 0.2) is 35.2 Å². The Kier molecular flexibility index (Phi) is 8.96. The summed E-state index contributed by atoms with van der Waals surface area (Å²) < 4.78 is 33.0. The van der Waals surface area contributed by atoms with Crippen LogP contribution in [0.25, 0.3) is 0 Å². The summed E-state index contributed by atoms with van der Waals surface area (Å²) in [6.45, 7) is 6.16. The maximum absolute atomic E-state index is 13.2. The molecule has 7 nitrogen and oxygen atoms in total. The van der Waals surface area contributed by atoms with E-state index in [0.717, 1.165) is 19.4 Å². The number of hydrogen-bond acceptors (Lipinski definition) is 5. The van der Waals surface area contributed by atoms with Crippen LogP contribution >= 0.6 is 0 Å². The molecule has 3 rings (SSSR count). The molecule has 8 heteroatoms. The molecular weight excluding hydrogens is 462 g/mol. The van der Waals surface area contributed by atoms with Gasteiger partial charge in [0.1, 0.15) is 5.75 Å². The zero-order chi connectivity index (χ0) is 25.8. The van der Waals surface area contributed by atoms with Crippen LogP contribution in [0.4, 0.5) is 0 Å². The zero-order valence-electron chi connectivity index (χ0n) is 21.9. The maximum atomic E-state index is 13.2. The number of carbonyl (C=O) groups is 1. The third-order valence-corrected chi connectivity index (χ3v) is 8.79. The number of aryl methyl sites for hydroxylation is 2.